The van der Waals surface area contributed by atoms with E-state index in [4.69, 9.17) is 10.2 Å². The summed E-state index contributed by atoms with van der Waals surface area (Å²) in [6.45, 7) is 0. The molecule has 0 saturated heterocycles. The van der Waals surface area contributed by atoms with E-state index < -0.39 is 0 Å². The van der Waals surface area contributed by atoms with Crippen LogP contribution >= 0.6 is 15.9 Å². The number of halogens is 1. The van der Waals surface area contributed by atoms with Crippen LogP contribution < -0.4 is 11.3 Å². The molecular formula is C12H8BrN3O2. The van der Waals surface area contributed by atoms with E-state index in [0.717, 1.165) is 4.47 Å². The number of aromatic nitrogens is 2. The van der Waals surface area contributed by atoms with Gasteiger partial charge in [0.05, 0.1) is 11.3 Å². The Morgan fingerprint density at radius 1 is 1.33 bits per heavy atom. The van der Waals surface area contributed by atoms with E-state index >= 15 is 0 Å². The molecule has 6 heteroatoms. The smallest absolute Gasteiger partial charge is 0.247 e. The van der Waals surface area contributed by atoms with Crippen molar-refractivity contribution in [2.45, 2.75) is 0 Å². The third kappa shape index (κ3) is 1.80. The van der Waals surface area contributed by atoms with Crippen LogP contribution in [0.2, 0.25) is 0 Å². The molecule has 18 heavy (non-hydrogen) atoms. The quantitative estimate of drug-likeness (QED) is 0.677. The molecule has 0 aliphatic heterocycles. The first kappa shape index (κ1) is 11.0. The number of H-pyrrole nitrogens is 1. The number of rotatable bonds is 1. The van der Waals surface area contributed by atoms with Gasteiger partial charge in [-0.05, 0) is 18.2 Å². The third-order valence-corrected chi connectivity index (χ3v) is 2.97. The Morgan fingerprint density at radius 2 is 2.17 bits per heavy atom. The van der Waals surface area contributed by atoms with Gasteiger partial charge in [-0.1, -0.05) is 15.9 Å². The molecule has 0 amide bonds. The van der Waals surface area contributed by atoms with E-state index in [1.165, 1.54) is 6.07 Å². The fraction of sp³-hybridized carbons (Fsp3) is 0. The minimum Gasteiger partial charge on any atom is -0.434 e. The molecule has 3 aromatic rings. The maximum Gasteiger partial charge on any atom is 0.247 e. The lowest BCUT2D eigenvalue weighted by Gasteiger charge is -1.94. The summed E-state index contributed by atoms with van der Waals surface area (Å²) >= 11 is 3.35. The molecule has 0 radical (unpaired) electrons. The van der Waals surface area contributed by atoms with Crippen LogP contribution in [0.25, 0.3) is 22.6 Å². The Hall–Kier alpha value is -2.08. The van der Waals surface area contributed by atoms with Crippen molar-refractivity contribution in [3.05, 3.63) is 45.3 Å². The number of oxazole rings is 1. The number of nitrogen functional groups attached to an aromatic ring is 1. The van der Waals surface area contributed by atoms with Gasteiger partial charge in [-0.3, -0.25) is 4.79 Å². The monoisotopic (exact) mass is 305 g/mol. The first-order chi connectivity index (χ1) is 8.63. The fourth-order valence-corrected chi connectivity index (χ4v) is 2.15. The average molecular weight is 306 g/mol. The predicted octanol–water partition coefficient (Wildman–Crippen LogP) is 2.53. The zero-order chi connectivity index (χ0) is 12.7. The Labute approximate surface area is 110 Å². The molecule has 3 rings (SSSR count). The van der Waals surface area contributed by atoms with E-state index in [1.54, 1.807) is 18.3 Å². The van der Waals surface area contributed by atoms with Crippen LogP contribution in [0.4, 0.5) is 5.69 Å². The van der Waals surface area contributed by atoms with Gasteiger partial charge in [0, 0.05) is 16.7 Å². The largest absolute Gasteiger partial charge is 0.434 e. The lowest BCUT2D eigenvalue weighted by Crippen LogP contribution is -2.01. The Morgan fingerprint density at radius 3 is 2.89 bits per heavy atom. The second-order valence-electron chi connectivity index (χ2n) is 3.80. The number of nitrogens with two attached hydrogens (primary N) is 1. The summed E-state index contributed by atoms with van der Waals surface area (Å²) in [6, 6.07) is 6.65. The molecule has 0 fully saturated rings. The normalized spacial score (nSPS) is 10.9. The number of hydrogen-bond donors (Lipinski definition) is 2. The van der Waals surface area contributed by atoms with Crippen molar-refractivity contribution in [1.82, 2.24) is 9.97 Å². The minimum absolute atomic E-state index is 0.169. The van der Waals surface area contributed by atoms with E-state index in [2.05, 4.69) is 25.9 Å². The van der Waals surface area contributed by atoms with Crippen LogP contribution in [-0.4, -0.2) is 9.97 Å². The Balaban J connectivity index is 2.22. The molecule has 0 bridgehead atoms. The van der Waals surface area contributed by atoms with Crippen molar-refractivity contribution < 1.29 is 4.42 Å². The van der Waals surface area contributed by atoms with Gasteiger partial charge in [-0.25, -0.2) is 4.98 Å². The van der Waals surface area contributed by atoms with Crippen LogP contribution in [0.5, 0.6) is 0 Å². The highest BCUT2D eigenvalue weighted by atomic mass is 79.9. The molecule has 0 aliphatic rings. The number of fused-ring (bicyclic) bond motifs is 1. The van der Waals surface area contributed by atoms with Crippen molar-refractivity contribution in [2.75, 3.05) is 5.73 Å². The summed E-state index contributed by atoms with van der Waals surface area (Å²) in [5.74, 6) is 0.422. The van der Waals surface area contributed by atoms with E-state index in [1.807, 2.05) is 6.07 Å². The van der Waals surface area contributed by atoms with Gasteiger partial charge in [0.1, 0.15) is 5.52 Å². The Bertz CT molecular complexity index is 771. The van der Waals surface area contributed by atoms with Gasteiger partial charge in [0.15, 0.2) is 5.58 Å². The summed E-state index contributed by atoms with van der Waals surface area (Å²) in [5.41, 5.74) is 8.10. The van der Waals surface area contributed by atoms with E-state index in [0.29, 0.717) is 28.2 Å². The summed E-state index contributed by atoms with van der Waals surface area (Å²) in [7, 11) is 0. The average Bonchev–Trinajstić information content (AvgIpc) is 2.74. The molecule has 0 saturated carbocycles. The zero-order valence-corrected chi connectivity index (χ0v) is 10.7. The Kier molecular flexibility index (Phi) is 2.45. The standard InChI is InChI=1S/C12H8BrN3O2/c13-7-3-8(14)11-9(4-7)16-12(18-11)6-1-2-10(17)15-5-6/h1-5H,14H2,(H,15,17). The number of anilines is 1. The second kappa shape index (κ2) is 3.99. The first-order valence-corrected chi connectivity index (χ1v) is 5.97. The van der Waals surface area contributed by atoms with Gasteiger partial charge >= 0.3 is 0 Å². The lowest BCUT2D eigenvalue weighted by molar-refractivity contribution is 0.620. The number of benzene rings is 1. The molecule has 2 aromatic heterocycles. The van der Waals surface area contributed by atoms with Gasteiger partial charge in [0.25, 0.3) is 0 Å². The summed E-state index contributed by atoms with van der Waals surface area (Å²) in [4.78, 5) is 17.9. The summed E-state index contributed by atoms with van der Waals surface area (Å²) in [5, 5.41) is 0. The molecular weight excluding hydrogens is 298 g/mol. The van der Waals surface area contributed by atoms with Gasteiger partial charge in [-0.15, -0.1) is 0 Å². The molecule has 0 unspecified atom stereocenters. The number of pyridine rings is 1. The van der Waals surface area contributed by atoms with Crippen molar-refractivity contribution in [3.8, 4) is 11.5 Å². The highest BCUT2D eigenvalue weighted by Crippen LogP contribution is 2.30. The fourth-order valence-electron chi connectivity index (χ4n) is 1.69. The summed E-state index contributed by atoms with van der Waals surface area (Å²) < 4.78 is 6.44. The molecule has 0 atom stereocenters. The molecule has 5 nitrogen and oxygen atoms in total. The van der Waals surface area contributed by atoms with Crippen LogP contribution in [0, 0.1) is 0 Å². The van der Waals surface area contributed by atoms with Crippen molar-refractivity contribution >= 4 is 32.7 Å². The van der Waals surface area contributed by atoms with Gasteiger partial charge in [0.2, 0.25) is 11.4 Å². The summed E-state index contributed by atoms with van der Waals surface area (Å²) in [6.07, 6.45) is 1.55. The SMILES string of the molecule is Nc1cc(Br)cc2nc(-c3ccc(=O)[nH]c3)oc12. The molecule has 90 valence electrons. The zero-order valence-electron chi connectivity index (χ0n) is 9.11. The first-order valence-electron chi connectivity index (χ1n) is 5.18. The topological polar surface area (TPSA) is 84.9 Å². The van der Waals surface area contributed by atoms with Crippen LogP contribution in [0.3, 0.4) is 0 Å². The number of nitrogens with zero attached hydrogens (tertiary/aromatic N) is 1. The van der Waals surface area contributed by atoms with Crippen LogP contribution in [0.15, 0.2) is 44.1 Å². The molecule has 2 heterocycles. The van der Waals surface area contributed by atoms with Crippen molar-refractivity contribution in [3.63, 3.8) is 0 Å². The highest BCUT2D eigenvalue weighted by molar-refractivity contribution is 9.10. The number of hydrogen-bond acceptors (Lipinski definition) is 4. The highest BCUT2D eigenvalue weighted by Gasteiger charge is 2.11. The molecule has 1 aromatic carbocycles. The third-order valence-electron chi connectivity index (χ3n) is 2.51. The second-order valence-corrected chi connectivity index (χ2v) is 4.72. The number of nitrogens with one attached hydrogen (secondary N) is 1. The van der Waals surface area contributed by atoms with E-state index in [9.17, 15) is 4.79 Å². The van der Waals surface area contributed by atoms with Crippen molar-refractivity contribution in [2.24, 2.45) is 0 Å². The maximum absolute atomic E-state index is 11.0. The molecule has 3 N–H and O–H groups in total. The number of aromatic amines is 1. The van der Waals surface area contributed by atoms with Gasteiger partial charge < -0.3 is 15.1 Å². The predicted molar refractivity (Wildman–Crippen MR) is 72.2 cm³/mol. The maximum atomic E-state index is 11.0. The van der Waals surface area contributed by atoms with Gasteiger partial charge in [-0.2, -0.15) is 0 Å². The minimum atomic E-state index is -0.169. The lowest BCUT2D eigenvalue weighted by atomic mass is 10.3. The van der Waals surface area contributed by atoms with Crippen molar-refractivity contribution in [1.29, 1.82) is 0 Å². The molecule has 0 aliphatic carbocycles. The van der Waals surface area contributed by atoms with Crippen LogP contribution in [-0.2, 0) is 0 Å². The van der Waals surface area contributed by atoms with E-state index in [-0.39, 0.29) is 5.56 Å². The molecule has 0 spiro atoms. The van der Waals surface area contributed by atoms with Crippen LogP contribution in [0.1, 0.15) is 0 Å².